The number of pyridine rings is 2. The minimum atomic E-state index is -3.21. The van der Waals surface area contributed by atoms with Crippen LogP contribution in [0, 0.1) is 0 Å². The summed E-state index contributed by atoms with van der Waals surface area (Å²) in [5.41, 5.74) is 2.94. The molecule has 184 valence electrons. The summed E-state index contributed by atoms with van der Waals surface area (Å²) in [5, 5.41) is 9.57. The van der Waals surface area contributed by atoms with Crippen LogP contribution in [-0.2, 0) is 12.8 Å². The van der Waals surface area contributed by atoms with Crippen molar-refractivity contribution in [1.29, 1.82) is 0 Å². The van der Waals surface area contributed by atoms with Gasteiger partial charge in [0.1, 0.15) is 0 Å². The Labute approximate surface area is 196 Å². The first kappa shape index (κ1) is 27.0. The maximum Gasteiger partial charge on any atom is 0.387 e. The molecule has 9 heteroatoms. The summed E-state index contributed by atoms with van der Waals surface area (Å²) in [4.78, 5) is 8.49. The zero-order chi connectivity index (χ0) is 25.1. The number of alkyl halides is 4. The Morgan fingerprint density at radius 3 is 2.03 bits per heavy atom. The van der Waals surface area contributed by atoms with Crippen LogP contribution in [0.3, 0.4) is 0 Å². The number of aliphatic hydroxyl groups excluding tert-OH is 1. The van der Waals surface area contributed by atoms with Gasteiger partial charge in [-0.2, -0.15) is 17.6 Å². The minimum Gasteiger partial charge on any atom is -0.431 e. The Balaban J connectivity index is 0.00000199. The molecular formula is C25H28F4N2O3. The normalized spacial score (nSPS) is 12.6. The van der Waals surface area contributed by atoms with Crippen LogP contribution in [0.5, 0.6) is 11.5 Å². The summed E-state index contributed by atoms with van der Waals surface area (Å²) in [6, 6.07) is 11.2. The summed E-state index contributed by atoms with van der Waals surface area (Å²) in [7, 11) is 0. The smallest absolute Gasteiger partial charge is 0.387 e. The third-order valence-corrected chi connectivity index (χ3v) is 4.73. The first-order chi connectivity index (χ1) is 16.3. The number of nitrogens with zero attached hydrogens (tertiary/aromatic N) is 2. The number of aliphatic hydroxyl groups is 1. The van der Waals surface area contributed by atoms with E-state index in [-0.39, 0.29) is 0 Å². The largest absolute Gasteiger partial charge is 0.431 e. The lowest BCUT2D eigenvalue weighted by Crippen LogP contribution is -2.11. The van der Waals surface area contributed by atoms with Gasteiger partial charge < -0.3 is 14.6 Å². The Hall–Kier alpha value is -3.20. The van der Waals surface area contributed by atoms with E-state index in [1.165, 1.54) is 18.2 Å². The van der Waals surface area contributed by atoms with Crippen molar-refractivity contribution in [2.24, 2.45) is 0 Å². The van der Waals surface area contributed by atoms with E-state index in [4.69, 9.17) is 0 Å². The fourth-order valence-electron chi connectivity index (χ4n) is 3.37. The van der Waals surface area contributed by atoms with Gasteiger partial charge in [-0.1, -0.05) is 26.0 Å². The number of halogens is 4. The second-order valence-corrected chi connectivity index (χ2v) is 7.22. The van der Waals surface area contributed by atoms with Gasteiger partial charge in [0.15, 0.2) is 11.5 Å². The fraction of sp³-hybridized carbons (Fsp3) is 0.360. The molecule has 34 heavy (non-hydrogen) atoms. The number of hydrogen-bond acceptors (Lipinski definition) is 5. The zero-order valence-electron chi connectivity index (χ0n) is 19.2. The highest BCUT2D eigenvalue weighted by Crippen LogP contribution is 2.36. The Kier molecular flexibility index (Phi) is 10.7. The lowest BCUT2D eigenvalue weighted by Gasteiger charge is -2.20. The van der Waals surface area contributed by atoms with Crippen molar-refractivity contribution in [1.82, 2.24) is 9.97 Å². The molecule has 0 amide bonds. The Morgan fingerprint density at radius 1 is 0.824 bits per heavy atom. The van der Waals surface area contributed by atoms with Crippen LogP contribution in [-0.4, -0.2) is 34.4 Å². The van der Waals surface area contributed by atoms with Gasteiger partial charge in [-0.25, -0.2) is 0 Å². The van der Waals surface area contributed by atoms with Crippen molar-refractivity contribution in [3.05, 3.63) is 83.4 Å². The van der Waals surface area contributed by atoms with E-state index in [2.05, 4.69) is 19.4 Å². The third-order valence-electron chi connectivity index (χ3n) is 4.73. The molecule has 1 aromatic carbocycles. The molecule has 0 radical (unpaired) electrons. The zero-order valence-corrected chi connectivity index (χ0v) is 19.2. The number of aromatic nitrogens is 2. The molecule has 3 aromatic rings. The van der Waals surface area contributed by atoms with Crippen LogP contribution in [0.2, 0.25) is 0 Å². The van der Waals surface area contributed by atoms with Crippen molar-refractivity contribution in [3.63, 3.8) is 0 Å². The Bertz CT molecular complexity index is 987. The molecule has 0 fully saturated rings. The van der Waals surface area contributed by atoms with Crippen molar-refractivity contribution in [3.8, 4) is 11.5 Å². The van der Waals surface area contributed by atoms with Crippen molar-refractivity contribution < 1.29 is 32.1 Å². The second kappa shape index (κ2) is 13.5. The van der Waals surface area contributed by atoms with Crippen LogP contribution < -0.4 is 9.47 Å². The van der Waals surface area contributed by atoms with Crippen molar-refractivity contribution >= 4 is 0 Å². The van der Waals surface area contributed by atoms with E-state index in [0.29, 0.717) is 24.1 Å². The van der Waals surface area contributed by atoms with E-state index in [1.54, 1.807) is 31.6 Å². The molecule has 5 nitrogen and oxygen atoms in total. The van der Waals surface area contributed by atoms with E-state index < -0.39 is 36.7 Å². The number of ether oxygens (including phenoxy) is 2. The van der Waals surface area contributed by atoms with Crippen LogP contribution in [0.4, 0.5) is 17.6 Å². The molecule has 2 atom stereocenters. The highest BCUT2D eigenvalue weighted by molar-refractivity contribution is 5.46. The molecule has 0 aliphatic heterocycles. The van der Waals surface area contributed by atoms with E-state index in [9.17, 15) is 22.7 Å². The average Bonchev–Trinajstić information content (AvgIpc) is 2.80. The van der Waals surface area contributed by atoms with Gasteiger partial charge >= 0.3 is 13.2 Å². The molecule has 2 unspecified atom stereocenters. The first-order valence-corrected chi connectivity index (χ1v) is 10.9. The molecule has 1 N–H and O–H groups in total. The van der Waals surface area contributed by atoms with Crippen molar-refractivity contribution in [2.75, 3.05) is 0 Å². The molecule has 3 rings (SSSR count). The van der Waals surface area contributed by atoms with Crippen LogP contribution in [0.15, 0.2) is 61.1 Å². The van der Waals surface area contributed by atoms with Crippen molar-refractivity contribution in [2.45, 2.75) is 58.9 Å². The maximum atomic E-state index is 12.9. The molecule has 0 aliphatic carbocycles. The van der Waals surface area contributed by atoms with E-state index in [0.717, 1.165) is 11.1 Å². The Morgan fingerprint density at radius 2 is 1.47 bits per heavy atom. The lowest BCUT2D eigenvalue weighted by atomic mass is 9.88. The van der Waals surface area contributed by atoms with Gasteiger partial charge in [0.25, 0.3) is 0 Å². The lowest BCUT2D eigenvalue weighted by molar-refractivity contribution is -0.0692. The molecule has 0 saturated carbocycles. The van der Waals surface area contributed by atoms with Gasteiger partial charge in [0, 0.05) is 30.2 Å². The van der Waals surface area contributed by atoms with Gasteiger partial charge in [-0.15, -0.1) is 0 Å². The molecular weight excluding hydrogens is 452 g/mol. The van der Waals surface area contributed by atoms with Crippen LogP contribution in [0.1, 0.15) is 49.1 Å². The molecule has 2 heterocycles. The van der Waals surface area contributed by atoms with Crippen LogP contribution in [0.25, 0.3) is 0 Å². The van der Waals surface area contributed by atoms with Gasteiger partial charge in [0.05, 0.1) is 6.10 Å². The number of rotatable bonds is 10. The molecule has 0 bridgehead atoms. The predicted molar refractivity (Wildman–Crippen MR) is 120 cm³/mol. The summed E-state index contributed by atoms with van der Waals surface area (Å²) in [6.07, 6.45) is 5.29. The third kappa shape index (κ3) is 8.30. The minimum absolute atomic E-state index is 0.390. The summed E-state index contributed by atoms with van der Waals surface area (Å²) in [6.45, 7) is -0.716. The highest BCUT2D eigenvalue weighted by atomic mass is 19.3. The van der Waals surface area contributed by atoms with Gasteiger partial charge in [-0.05, 0) is 66.8 Å². The maximum absolute atomic E-state index is 12.9. The first-order valence-electron chi connectivity index (χ1n) is 10.9. The predicted octanol–water partition coefficient (Wildman–Crippen LogP) is 6.00. The summed E-state index contributed by atoms with van der Waals surface area (Å²) >= 11 is 0. The number of benzene rings is 1. The van der Waals surface area contributed by atoms with Gasteiger partial charge in [0.2, 0.25) is 0 Å². The molecule has 0 saturated heterocycles. The van der Waals surface area contributed by atoms with E-state index in [1.807, 2.05) is 32.0 Å². The molecule has 2 aromatic heterocycles. The quantitative estimate of drug-likeness (QED) is 0.361. The van der Waals surface area contributed by atoms with E-state index >= 15 is 0 Å². The van der Waals surface area contributed by atoms with Crippen LogP contribution >= 0.6 is 0 Å². The second-order valence-electron chi connectivity index (χ2n) is 7.22. The van der Waals surface area contributed by atoms with Gasteiger partial charge in [-0.3, -0.25) is 9.97 Å². The topological polar surface area (TPSA) is 64.5 Å². The fourth-order valence-corrected chi connectivity index (χ4v) is 3.37. The monoisotopic (exact) mass is 480 g/mol. The summed E-state index contributed by atoms with van der Waals surface area (Å²) in [5.74, 6) is -1.35. The highest BCUT2D eigenvalue weighted by Gasteiger charge is 2.21. The SMILES string of the molecule is CC.CC(O)Cc1ccc(C(Cc2ccncc2)c2ccc(OC(F)F)c(OC(F)F)c2)nc1. The average molecular weight is 481 g/mol. The molecule has 0 spiro atoms. The molecule has 0 aliphatic rings. The number of hydrogen-bond donors (Lipinski definition) is 1. The summed E-state index contributed by atoms with van der Waals surface area (Å²) < 4.78 is 59.9. The standard InChI is InChI=1S/C23H22F4N2O3.C2H6/c1-14(30)10-16-2-4-19(29-13-16)18(11-15-6-8-28-9-7-15)17-3-5-20(31-22(24)25)21(12-17)32-23(26)27;1-2/h2-9,12-14,18,22-23,30H,10-11H2,1H3;1-2H3.